The Hall–Kier alpha value is -1.56. The molecule has 0 fully saturated rings. The molecule has 3 N–H and O–H groups in total. The molecule has 18 heavy (non-hydrogen) atoms. The first-order valence-corrected chi connectivity index (χ1v) is 5.43. The van der Waals surface area contributed by atoms with Gasteiger partial charge in [0.05, 0.1) is 11.5 Å². The molecular weight excluding hydrogens is 247 g/mol. The summed E-state index contributed by atoms with van der Waals surface area (Å²) in [5.74, 6) is -1.80. The molecule has 100 valence electrons. The Kier molecular flexibility index (Phi) is 4.72. The molecule has 0 amide bonds. The lowest BCUT2D eigenvalue weighted by atomic mass is 9.95. The van der Waals surface area contributed by atoms with E-state index in [0.717, 1.165) is 12.1 Å². The summed E-state index contributed by atoms with van der Waals surface area (Å²) in [6.45, 7) is 0.190. The molecule has 1 aromatic carbocycles. The van der Waals surface area contributed by atoms with E-state index in [2.05, 4.69) is 0 Å². The van der Waals surface area contributed by atoms with Gasteiger partial charge in [-0.15, -0.1) is 0 Å². The Labute approximate surface area is 102 Å². The van der Waals surface area contributed by atoms with Crippen LogP contribution in [0.4, 0.5) is 13.2 Å². The molecule has 1 atom stereocenters. The molecule has 0 aromatic heterocycles. The van der Waals surface area contributed by atoms with Crippen LogP contribution in [0.15, 0.2) is 24.3 Å². The lowest BCUT2D eigenvalue weighted by Gasteiger charge is -2.13. The van der Waals surface area contributed by atoms with E-state index in [1.807, 2.05) is 0 Å². The average Bonchev–Trinajstić information content (AvgIpc) is 2.27. The third kappa shape index (κ3) is 4.03. The molecule has 0 saturated carbocycles. The molecule has 6 heteroatoms. The third-order valence-electron chi connectivity index (χ3n) is 2.60. The minimum atomic E-state index is -4.41. The number of halogens is 3. The largest absolute Gasteiger partial charge is 0.481 e. The zero-order chi connectivity index (χ0) is 13.8. The number of aliphatic carboxylic acids is 1. The fourth-order valence-corrected chi connectivity index (χ4v) is 1.67. The Balaban J connectivity index is 2.87. The number of carboxylic acid groups (broad SMARTS) is 1. The minimum Gasteiger partial charge on any atom is -0.481 e. The molecular formula is C12H14F3NO2. The topological polar surface area (TPSA) is 63.3 Å². The first-order chi connectivity index (χ1) is 8.34. The van der Waals surface area contributed by atoms with Gasteiger partial charge >= 0.3 is 12.1 Å². The van der Waals surface area contributed by atoms with Gasteiger partial charge in [0.25, 0.3) is 0 Å². The van der Waals surface area contributed by atoms with Crippen molar-refractivity contribution in [3.05, 3.63) is 35.4 Å². The second-order valence-corrected chi connectivity index (χ2v) is 4.01. The predicted octanol–water partition coefficient (Wildman–Crippen LogP) is 2.30. The molecule has 0 aliphatic rings. The number of carboxylic acids is 1. The number of nitrogens with two attached hydrogens (primary N) is 1. The van der Waals surface area contributed by atoms with Gasteiger partial charge in [0.2, 0.25) is 0 Å². The molecule has 3 nitrogen and oxygen atoms in total. The van der Waals surface area contributed by atoms with E-state index >= 15 is 0 Å². The lowest BCUT2D eigenvalue weighted by molar-refractivity contribution is -0.141. The number of carbonyl (C=O) groups is 1. The van der Waals surface area contributed by atoms with E-state index in [4.69, 9.17) is 10.8 Å². The van der Waals surface area contributed by atoms with Crippen molar-refractivity contribution in [3.63, 3.8) is 0 Å². The number of alkyl halides is 3. The van der Waals surface area contributed by atoms with Crippen molar-refractivity contribution in [2.24, 2.45) is 11.7 Å². The maximum Gasteiger partial charge on any atom is 0.416 e. The van der Waals surface area contributed by atoms with Crippen LogP contribution >= 0.6 is 0 Å². The molecule has 0 spiro atoms. The molecule has 1 unspecified atom stereocenters. The Morgan fingerprint density at radius 3 is 2.56 bits per heavy atom. The first kappa shape index (κ1) is 14.5. The number of benzene rings is 1. The summed E-state index contributed by atoms with van der Waals surface area (Å²) >= 11 is 0. The summed E-state index contributed by atoms with van der Waals surface area (Å²) in [6.07, 6.45) is -4.12. The van der Waals surface area contributed by atoms with Crippen molar-refractivity contribution in [1.82, 2.24) is 0 Å². The highest BCUT2D eigenvalue weighted by molar-refractivity contribution is 5.70. The minimum absolute atomic E-state index is 0.0520. The van der Waals surface area contributed by atoms with Crippen LogP contribution in [-0.4, -0.2) is 17.6 Å². The summed E-state index contributed by atoms with van der Waals surface area (Å²) < 4.78 is 37.4. The van der Waals surface area contributed by atoms with Crippen molar-refractivity contribution in [3.8, 4) is 0 Å². The van der Waals surface area contributed by atoms with Crippen LogP contribution < -0.4 is 5.73 Å². The quantitative estimate of drug-likeness (QED) is 0.854. The maximum absolute atomic E-state index is 12.5. The van der Waals surface area contributed by atoms with Crippen molar-refractivity contribution in [1.29, 1.82) is 0 Å². The smallest absolute Gasteiger partial charge is 0.416 e. The molecule has 0 radical (unpaired) electrons. The Morgan fingerprint density at radius 1 is 1.39 bits per heavy atom. The van der Waals surface area contributed by atoms with Crippen LogP contribution in [0.1, 0.15) is 17.5 Å². The fraction of sp³-hybridized carbons (Fsp3) is 0.417. The maximum atomic E-state index is 12.5. The zero-order valence-electron chi connectivity index (χ0n) is 9.57. The summed E-state index contributed by atoms with van der Waals surface area (Å²) in [7, 11) is 0. The van der Waals surface area contributed by atoms with E-state index in [0.29, 0.717) is 5.56 Å². The second-order valence-electron chi connectivity index (χ2n) is 4.01. The van der Waals surface area contributed by atoms with Gasteiger partial charge in [0.15, 0.2) is 0 Å². The van der Waals surface area contributed by atoms with Gasteiger partial charge in [0.1, 0.15) is 0 Å². The number of hydrogen-bond acceptors (Lipinski definition) is 2. The van der Waals surface area contributed by atoms with Gasteiger partial charge in [-0.25, -0.2) is 0 Å². The lowest BCUT2D eigenvalue weighted by Crippen LogP contribution is -2.20. The summed E-state index contributed by atoms with van der Waals surface area (Å²) in [5, 5.41) is 8.92. The molecule has 1 aromatic rings. The van der Waals surface area contributed by atoms with Crippen molar-refractivity contribution >= 4 is 5.97 Å². The van der Waals surface area contributed by atoms with E-state index in [-0.39, 0.29) is 19.4 Å². The molecule has 0 saturated heterocycles. The molecule has 0 bridgehead atoms. The van der Waals surface area contributed by atoms with Crippen molar-refractivity contribution in [2.75, 3.05) is 6.54 Å². The van der Waals surface area contributed by atoms with Crippen LogP contribution in [0, 0.1) is 5.92 Å². The van der Waals surface area contributed by atoms with Gasteiger partial charge in [-0.3, -0.25) is 4.79 Å². The number of rotatable bonds is 5. The number of hydrogen-bond donors (Lipinski definition) is 2. The Bertz CT molecular complexity index is 418. The van der Waals surface area contributed by atoms with E-state index < -0.39 is 23.6 Å². The third-order valence-corrected chi connectivity index (χ3v) is 2.60. The average molecular weight is 261 g/mol. The predicted molar refractivity (Wildman–Crippen MR) is 59.9 cm³/mol. The highest BCUT2D eigenvalue weighted by atomic mass is 19.4. The summed E-state index contributed by atoms with van der Waals surface area (Å²) in [6, 6.07) is 4.70. The highest BCUT2D eigenvalue weighted by Crippen LogP contribution is 2.30. The van der Waals surface area contributed by atoms with Gasteiger partial charge in [0, 0.05) is 0 Å². The van der Waals surface area contributed by atoms with E-state index in [1.54, 1.807) is 0 Å². The van der Waals surface area contributed by atoms with Gasteiger partial charge in [-0.05, 0) is 31.0 Å². The SMILES string of the molecule is NCCC(Cc1cccc(C(F)(F)F)c1)C(=O)O. The van der Waals surface area contributed by atoms with Crippen molar-refractivity contribution in [2.45, 2.75) is 19.0 Å². The summed E-state index contributed by atoms with van der Waals surface area (Å²) in [5.41, 5.74) is 4.86. The zero-order valence-corrected chi connectivity index (χ0v) is 9.57. The van der Waals surface area contributed by atoms with Gasteiger partial charge < -0.3 is 10.8 Å². The Morgan fingerprint density at radius 2 is 2.06 bits per heavy atom. The molecule has 1 rings (SSSR count). The monoisotopic (exact) mass is 261 g/mol. The van der Waals surface area contributed by atoms with Crippen LogP contribution in [0.3, 0.4) is 0 Å². The van der Waals surface area contributed by atoms with Crippen molar-refractivity contribution < 1.29 is 23.1 Å². The molecule has 0 aliphatic carbocycles. The van der Waals surface area contributed by atoms with Crippen LogP contribution in [0.5, 0.6) is 0 Å². The fourth-order valence-electron chi connectivity index (χ4n) is 1.67. The second kappa shape index (κ2) is 5.86. The standard InChI is InChI=1S/C12H14F3NO2/c13-12(14,15)10-3-1-2-8(7-10)6-9(4-5-16)11(17)18/h1-3,7,9H,4-6,16H2,(H,17,18). The van der Waals surface area contributed by atoms with Gasteiger partial charge in [-0.2, -0.15) is 13.2 Å². The summed E-state index contributed by atoms with van der Waals surface area (Å²) in [4.78, 5) is 10.9. The van der Waals surface area contributed by atoms with Crippen LogP contribution in [0.2, 0.25) is 0 Å². The van der Waals surface area contributed by atoms with E-state index in [9.17, 15) is 18.0 Å². The van der Waals surface area contributed by atoms with E-state index in [1.165, 1.54) is 12.1 Å². The molecule has 0 aliphatic heterocycles. The molecule has 0 heterocycles. The van der Waals surface area contributed by atoms with Gasteiger partial charge in [-0.1, -0.05) is 18.2 Å². The van der Waals surface area contributed by atoms with Crippen LogP contribution in [0.25, 0.3) is 0 Å². The first-order valence-electron chi connectivity index (χ1n) is 5.43. The van der Waals surface area contributed by atoms with Crippen LogP contribution in [-0.2, 0) is 17.4 Å². The highest BCUT2D eigenvalue weighted by Gasteiger charge is 2.30. The normalized spacial score (nSPS) is 13.3.